The highest BCUT2D eigenvalue weighted by Crippen LogP contribution is 2.40. The van der Waals surface area contributed by atoms with Crippen molar-refractivity contribution >= 4 is 21.6 Å². The molecule has 2 aliphatic rings. The molecule has 30 heavy (non-hydrogen) atoms. The summed E-state index contributed by atoms with van der Waals surface area (Å²) in [5.74, 6) is 0.808. The third kappa shape index (κ3) is 3.64. The molecule has 0 spiro atoms. The third-order valence-electron chi connectivity index (χ3n) is 5.56. The number of carbonyl (C=O) groups excluding carboxylic acids is 1. The highest BCUT2D eigenvalue weighted by molar-refractivity contribution is 7.89. The molecule has 2 heterocycles. The quantitative estimate of drug-likeness (QED) is 0.677. The average Bonchev–Trinajstić information content (AvgIpc) is 3.50. The predicted molar refractivity (Wildman–Crippen MR) is 111 cm³/mol. The minimum Gasteiger partial charge on any atom is -0.360 e. The molecule has 0 radical (unpaired) electrons. The molecular weight excluding hydrogens is 402 g/mol. The van der Waals surface area contributed by atoms with E-state index >= 15 is 0 Å². The summed E-state index contributed by atoms with van der Waals surface area (Å²) in [6, 6.07) is 15.7. The topological polar surface area (TPSA) is 92.5 Å². The Balaban J connectivity index is 1.33. The number of fused-ring (bicyclic) bond motifs is 1. The molecule has 1 amide bonds. The van der Waals surface area contributed by atoms with Crippen LogP contribution in [0.3, 0.4) is 0 Å². The van der Waals surface area contributed by atoms with Crippen LogP contribution in [0.25, 0.3) is 0 Å². The van der Waals surface area contributed by atoms with Crippen molar-refractivity contribution in [2.45, 2.75) is 36.6 Å². The smallest absolute Gasteiger partial charge is 0.277 e. The van der Waals surface area contributed by atoms with E-state index in [-0.39, 0.29) is 23.0 Å². The number of hydrogen-bond donors (Lipinski definition) is 1. The van der Waals surface area contributed by atoms with E-state index in [1.807, 2.05) is 18.2 Å². The molecule has 0 atom stereocenters. The zero-order chi connectivity index (χ0) is 20.7. The van der Waals surface area contributed by atoms with E-state index in [0.717, 1.165) is 29.7 Å². The van der Waals surface area contributed by atoms with E-state index in [1.165, 1.54) is 4.31 Å². The van der Waals surface area contributed by atoms with Crippen LogP contribution >= 0.6 is 0 Å². The van der Waals surface area contributed by atoms with Crippen molar-refractivity contribution in [1.82, 2.24) is 9.46 Å². The molecule has 154 valence electrons. The Morgan fingerprint density at radius 1 is 1.07 bits per heavy atom. The first-order chi connectivity index (χ1) is 14.5. The molecule has 7 nitrogen and oxygen atoms in total. The van der Waals surface area contributed by atoms with E-state index in [4.69, 9.17) is 4.52 Å². The first-order valence-electron chi connectivity index (χ1n) is 9.96. The van der Waals surface area contributed by atoms with E-state index in [1.54, 1.807) is 36.4 Å². The lowest BCUT2D eigenvalue weighted by Gasteiger charge is -2.28. The van der Waals surface area contributed by atoms with Crippen molar-refractivity contribution in [2.24, 2.45) is 0 Å². The second kappa shape index (κ2) is 7.37. The lowest BCUT2D eigenvalue weighted by Crippen LogP contribution is -2.36. The van der Waals surface area contributed by atoms with Crippen molar-refractivity contribution < 1.29 is 17.7 Å². The van der Waals surface area contributed by atoms with Crippen molar-refractivity contribution in [3.63, 3.8) is 0 Å². The fourth-order valence-electron chi connectivity index (χ4n) is 3.71. The summed E-state index contributed by atoms with van der Waals surface area (Å²) in [5.41, 5.74) is 2.83. The lowest BCUT2D eigenvalue weighted by molar-refractivity contribution is 0.101. The zero-order valence-corrected chi connectivity index (χ0v) is 17.1. The second-order valence-electron chi connectivity index (χ2n) is 7.73. The number of carbonyl (C=O) groups is 1. The highest BCUT2D eigenvalue weighted by atomic mass is 32.2. The van der Waals surface area contributed by atoms with Gasteiger partial charge in [0.2, 0.25) is 10.0 Å². The van der Waals surface area contributed by atoms with Crippen molar-refractivity contribution in [1.29, 1.82) is 0 Å². The summed E-state index contributed by atoms with van der Waals surface area (Å²) >= 11 is 0. The third-order valence-corrected chi connectivity index (χ3v) is 7.42. The Labute approximate surface area is 174 Å². The van der Waals surface area contributed by atoms with Gasteiger partial charge in [-0.25, -0.2) is 8.42 Å². The van der Waals surface area contributed by atoms with Gasteiger partial charge in [0.25, 0.3) is 5.91 Å². The van der Waals surface area contributed by atoms with Gasteiger partial charge in [0.1, 0.15) is 5.76 Å². The molecule has 8 heteroatoms. The molecule has 0 bridgehead atoms. The number of anilines is 1. The highest BCUT2D eigenvalue weighted by Gasteiger charge is 2.30. The monoisotopic (exact) mass is 423 g/mol. The first kappa shape index (κ1) is 19.0. The Morgan fingerprint density at radius 3 is 2.63 bits per heavy atom. The average molecular weight is 423 g/mol. The Kier molecular flexibility index (Phi) is 4.67. The molecule has 1 aromatic heterocycles. The van der Waals surface area contributed by atoms with Crippen LogP contribution in [-0.4, -0.2) is 30.3 Å². The number of hydrogen-bond acceptors (Lipinski definition) is 5. The van der Waals surface area contributed by atoms with Crippen molar-refractivity contribution in [3.8, 4) is 0 Å². The Bertz CT molecular complexity index is 1200. The number of aromatic nitrogens is 1. The summed E-state index contributed by atoms with van der Waals surface area (Å²) in [4.78, 5) is 12.8. The van der Waals surface area contributed by atoms with E-state index in [2.05, 4.69) is 10.5 Å². The van der Waals surface area contributed by atoms with Crippen LogP contribution in [0.5, 0.6) is 0 Å². The number of sulfonamides is 1. The van der Waals surface area contributed by atoms with Crippen LogP contribution in [0.2, 0.25) is 0 Å². The van der Waals surface area contributed by atoms with Gasteiger partial charge in [-0.2, -0.15) is 4.31 Å². The molecule has 2 aromatic carbocycles. The molecule has 1 saturated carbocycles. The molecule has 1 fully saturated rings. The maximum absolute atomic E-state index is 12.9. The number of amides is 1. The van der Waals surface area contributed by atoms with E-state index in [0.29, 0.717) is 24.6 Å². The van der Waals surface area contributed by atoms with Gasteiger partial charge in [0.05, 0.1) is 4.90 Å². The summed E-state index contributed by atoms with van der Waals surface area (Å²) in [7, 11) is -3.56. The number of nitrogens with zero attached hydrogens (tertiary/aromatic N) is 2. The van der Waals surface area contributed by atoms with Gasteiger partial charge in [-0.1, -0.05) is 29.4 Å². The summed E-state index contributed by atoms with van der Waals surface area (Å²) in [6.07, 6.45) is 2.77. The van der Waals surface area contributed by atoms with Gasteiger partial charge < -0.3 is 9.84 Å². The van der Waals surface area contributed by atoms with Gasteiger partial charge in [0.15, 0.2) is 5.69 Å². The normalized spacial score (nSPS) is 16.8. The van der Waals surface area contributed by atoms with Crippen molar-refractivity contribution in [3.05, 3.63) is 77.2 Å². The van der Waals surface area contributed by atoms with E-state index < -0.39 is 10.0 Å². The number of rotatable bonds is 5. The molecule has 3 aromatic rings. The summed E-state index contributed by atoms with van der Waals surface area (Å²) < 4.78 is 32.6. The SMILES string of the molecule is O=C(Nc1ccc2c(c1)CN(S(=O)(=O)c1ccccc1)CC2)c1cc(C2CC2)on1. The Morgan fingerprint density at radius 2 is 1.87 bits per heavy atom. The second-order valence-corrected chi connectivity index (χ2v) is 9.67. The van der Waals surface area contributed by atoms with Crippen LogP contribution in [0.1, 0.15) is 46.1 Å². The summed E-state index contributed by atoms with van der Waals surface area (Å²) in [6.45, 7) is 0.699. The van der Waals surface area contributed by atoms with Crippen LogP contribution < -0.4 is 5.32 Å². The van der Waals surface area contributed by atoms with E-state index in [9.17, 15) is 13.2 Å². The number of nitrogens with one attached hydrogen (secondary N) is 1. The molecule has 1 aliphatic carbocycles. The van der Waals surface area contributed by atoms with Crippen LogP contribution in [-0.2, 0) is 23.0 Å². The van der Waals surface area contributed by atoms with Gasteiger partial charge in [-0.15, -0.1) is 0 Å². The van der Waals surface area contributed by atoms with Gasteiger partial charge >= 0.3 is 0 Å². The maximum Gasteiger partial charge on any atom is 0.277 e. The first-order valence-corrected chi connectivity index (χ1v) is 11.4. The molecule has 0 saturated heterocycles. The minimum atomic E-state index is -3.56. The molecular formula is C22H21N3O4S. The van der Waals surface area contributed by atoms with Crippen LogP contribution in [0, 0.1) is 0 Å². The molecule has 1 aliphatic heterocycles. The Hall–Kier alpha value is -2.97. The standard InChI is InChI=1S/C22H21N3O4S/c26-22(20-13-21(29-24-20)16-6-7-16)23-18-9-8-15-10-11-25(14-17(15)12-18)30(27,28)19-4-2-1-3-5-19/h1-5,8-9,12-13,16H,6-7,10-11,14H2,(H,23,26). The maximum atomic E-state index is 12.9. The largest absolute Gasteiger partial charge is 0.360 e. The van der Waals surface area contributed by atoms with Gasteiger partial charge in [-0.05, 0) is 54.7 Å². The summed E-state index contributed by atoms with van der Waals surface area (Å²) in [5, 5.41) is 6.70. The van der Waals surface area contributed by atoms with Crippen molar-refractivity contribution in [2.75, 3.05) is 11.9 Å². The fraction of sp³-hybridized carbons (Fsp3) is 0.273. The minimum absolute atomic E-state index is 0.253. The predicted octanol–water partition coefficient (Wildman–Crippen LogP) is 3.55. The fourth-order valence-corrected chi connectivity index (χ4v) is 5.15. The number of benzene rings is 2. The zero-order valence-electron chi connectivity index (χ0n) is 16.2. The lowest BCUT2D eigenvalue weighted by atomic mass is 10.0. The molecule has 5 rings (SSSR count). The molecule has 1 N–H and O–H groups in total. The van der Waals surface area contributed by atoms with Crippen LogP contribution in [0.15, 0.2) is 64.0 Å². The van der Waals surface area contributed by atoms with Crippen LogP contribution in [0.4, 0.5) is 5.69 Å². The van der Waals surface area contributed by atoms with Gasteiger partial charge in [0, 0.05) is 30.8 Å². The molecule has 0 unspecified atom stereocenters. The van der Waals surface area contributed by atoms with Gasteiger partial charge in [-0.3, -0.25) is 4.79 Å².